The van der Waals surface area contributed by atoms with E-state index >= 15 is 0 Å². The lowest BCUT2D eigenvalue weighted by molar-refractivity contribution is 0.0340. The molecule has 1 N–H and O–H groups in total. The molecule has 0 radical (unpaired) electrons. The van der Waals surface area contributed by atoms with Gasteiger partial charge in [0.05, 0.1) is 30.2 Å². The minimum absolute atomic E-state index is 0.107. The van der Waals surface area contributed by atoms with E-state index in [1.165, 1.54) is 16.7 Å². The average molecular weight is 461 g/mol. The zero-order chi connectivity index (χ0) is 23.7. The number of nitrogens with one attached hydrogen (secondary N) is 1. The second-order valence-corrected chi connectivity index (χ2v) is 8.20. The number of benzene rings is 1. The molecule has 3 aromatic rings. The summed E-state index contributed by atoms with van der Waals surface area (Å²) in [6.07, 6.45) is -2.91. The van der Waals surface area contributed by atoms with Crippen molar-refractivity contribution >= 4 is 16.9 Å². The van der Waals surface area contributed by atoms with Gasteiger partial charge in [0.1, 0.15) is 23.1 Å². The minimum Gasteiger partial charge on any atom is -0.379 e. The average Bonchev–Trinajstić information content (AvgIpc) is 2.78. The number of aromatic nitrogens is 3. The fraction of sp³-hybridized carbons (Fsp3) is 0.435. The highest BCUT2D eigenvalue weighted by molar-refractivity contribution is 5.87. The quantitative estimate of drug-likeness (QED) is 0.603. The molecule has 0 unspecified atom stereocenters. The molecule has 0 bridgehead atoms. The van der Waals surface area contributed by atoms with Gasteiger partial charge in [0.15, 0.2) is 0 Å². The summed E-state index contributed by atoms with van der Waals surface area (Å²) in [5.74, 6) is -0.108. The van der Waals surface area contributed by atoms with E-state index in [0.29, 0.717) is 48.0 Å². The van der Waals surface area contributed by atoms with E-state index in [9.17, 15) is 18.0 Å². The molecular weight excluding hydrogens is 435 g/mol. The van der Waals surface area contributed by atoms with E-state index in [1.54, 1.807) is 27.0 Å². The molecule has 1 fully saturated rings. The van der Waals surface area contributed by atoms with Gasteiger partial charge in [0.25, 0.3) is 12.0 Å². The Bertz CT molecular complexity index is 1220. The van der Waals surface area contributed by atoms with Crippen LogP contribution < -0.4 is 10.9 Å². The number of morpholine rings is 1. The second kappa shape index (κ2) is 9.48. The molecule has 176 valence electrons. The maximum absolute atomic E-state index is 14.7. The smallest absolute Gasteiger partial charge is 0.266 e. The number of hydrogen-bond acceptors (Lipinski definition) is 6. The van der Waals surface area contributed by atoms with Gasteiger partial charge in [0.2, 0.25) is 0 Å². The van der Waals surface area contributed by atoms with Crippen molar-refractivity contribution in [3.05, 3.63) is 63.0 Å². The standard InChI is InChI=1S/C23H26F3N5O2/c1-13(16-5-4-6-17(19(16)24)20(25)26)27-21-18-11-15(12-31-7-9-33-10-8-31)23(32)30(3)22(18)29-14(2)28-21/h4-6,11,13,20H,7-10,12H2,1-3H3,(H,27,28,29)/t13-/m1/s1. The van der Waals surface area contributed by atoms with Gasteiger partial charge in [-0.25, -0.2) is 23.1 Å². The predicted octanol–water partition coefficient (Wildman–Crippen LogP) is 3.72. The van der Waals surface area contributed by atoms with Crippen LogP contribution in [0.25, 0.3) is 11.0 Å². The summed E-state index contributed by atoms with van der Waals surface area (Å²) >= 11 is 0. The first kappa shape index (κ1) is 23.2. The first-order chi connectivity index (χ1) is 15.8. The molecule has 1 atom stereocenters. The van der Waals surface area contributed by atoms with Gasteiger partial charge in [-0.15, -0.1) is 0 Å². The molecule has 1 aromatic carbocycles. The Morgan fingerprint density at radius 3 is 2.58 bits per heavy atom. The van der Waals surface area contributed by atoms with Gasteiger partial charge in [-0.05, 0) is 19.9 Å². The summed E-state index contributed by atoms with van der Waals surface area (Å²) in [5.41, 5.74) is 0.341. The van der Waals surface area contributed by atoms with Crippen molar-refractivity contribution in [2.45, 2.75) is 32.9 Å². The maximum atomic E-state index is 14.7. The molecular formula is C23H26F3N5O2. The van der Waals surface area contributed by atoms with E-state index in [4.69, 9.17) is 4.74 Å². The monoisotopic (exact) mass is 461 g/mol. The number of rotatable bonds is 6. The van der Waals surface area contributed by atoms with Crippen molar-refractivity contribution in [2.24, 2.45) is 7.05 Å². The van der Waals surface area contributed by atoms with Gasteiger partial charge < -0.3 is 10.1 Å². The van der Waals surface area contributed by atoms with Gasteiger partial charge in [-0.2, -0.15) is 0 Å². The van der Waals surface area contributed by atoms with Crippen LogP contribution in [0.5, 0.6) is 0 Å². The van der Waals surface area contributed by atoms with Crippen molar-refractivity contribution in [3.8, 4) is 0 Å². The summed E-state index contributed by atoms with van der Waals surface area (Å²) in [6, 6.07) is 5.06. The number of halogens is 3. The number of aryl methyl sites for hydroxylation is 2. The Morgan fingerprint density at radius 2 is 1.88 bits per heavy atom. The van der Waals surface area contributed by atoms with Crippen molar-refractivity contribution < 1.29 is 17.9 Å². The van der Waals surface area contributed by atoms with Crippen LogP contribution in [-0.2, 0) is 18.3 Å². The summed E-state index contributed by atoms with van der Waals surface area (Å²) in [7, 11) is 1.65. The molecule has 1 aliphatic rings. The summed E-state index contributed by atoms with van der Waals surface area (Å²) in [4.78, 5) is 24.0. The van der Waals surface area contributed by atoms with Crippen molar-refractivity contribution in [2.75, 3.05) is 31.6 Å². The number of ether oxygens (including phenoxy) is 1. The van der Waals surface area contributed by atoms with E-state index < -0.39 is 23.8 Å². The number of nitrogens with zero attached hydrogens (tertiary/aromatic N) is 4. The van der Waals surface area contributed by atoms with Crippen LogP contribution in [0.2, 0.25) is 0 Å². The third-order valence-corrected chi connectivity index (χ3v) is 5.86. The minimum atomic E-state index is -2.91. The Labute approximate surface area is 189 Å². The SMILES string of the molecule is Cc1nc(N[C@H](C)c2cccc(C(F)F)c2F)c2cc(CN3CCOCC3)c(=O)n(C)c2n1. The Hall–Kier alpha value is -2.98. The lowest BCUT2D eigenvalue weighted by Gasteiger charge is -2.26. The molecule has 0 aliphatic carbocycles. The molecule has 2 aromatic heterocycles. The number of fused-ring (bicyclic) bond motifs is 1. The van der Waals surface area contributed by atoms with Crippen molar-refractivity contribution in [3.63, 3.8) is 0 Å². The molecule has 0 amide bonds. The van der Waals surface area contributed by atoms with Crippen molar-refractivity contribution in [1.82, 2.24) is 19.4 Å². The van der Waals surface area contributed by atoms with Gasteiger partial charge >= 0.3 is 0 Å². The van der Waals surface area contributed by atoms with Gasteiger partial charge in [0, 0.05) is 37.8 Å². The molecule has 1 saturated heterocycles. The van der Waals surface area contributed by atoms with E-state index in [0.717, 1.165) is 19.2 Å². The molecule has 4 rings (SSSR count). The number of anilines is 1. The third-order valence-electron chi connectivity index (χ3n) is 5.86. The first-order valence-corrected chi connectivity index (χ1v) is 10.8. The van der Waals surface area contributed by atoms with Crippen LogP contribution in [0.4, 0.5) is 19.0 Å². The Morgan fingerprint density at radius 1 is 1.18 bits per heavy atom. The number of alkyl halides is 2. The summed E-state index contributed by atoms with van der Waals surface area (Å²) < 4.78 is 47.9. The van der Waals surface area contributed by atoms with E-state index in [1.807, 2.05) is 0 Å². The molecule has 3 heterocycles. The van der Waals surface area contributed by atoms with E-state index in [2.05, 4.69) is 20.2 Å². The zero-order valence-electron chi connectivity index (χ0n) is 18.7. The van der Waals surface area contributed by atoms with Crippen LogP contribution >= 0.6 is 0 Å². The lowest BCUT2D eigenvalue weighted by Crippen LogP contribution is -2.37. The maximum Gasteiger partial charge on any atom is 0.266 e. The molecule has 0 saturated carbocycles. The summed E-state index contributed by atoms with van der Waals surface area (Å²) in [6.45, 7) is 6.52. The first-order valence-electron chi connectivity index (χ1n) is 10.8. The van der Waals surface area contributed by atoms with Crippen LogP contribution in [0.3, 0.4) is 0 Å². The number of hydrogen-bond donors (Lipinski definition) is 1. The molecule has 10 heteroatoms. The fourth-order valence-electron chi connectivity index (χ4n) is 4.08. The van der Waals surface area contributed by atoms with Crippen LogP contribution in [0.1, 0.15) is 41.9 Å². The normalized spacial score (nSPS) is 15.8. The lowest BCUT2D eigenvalue weighted by atomic mass is 10.0. The highest BCUT2D eigenvalue weighted by Crippen LogP contribution is 2.30. The predicted molar refractivity (Wildman–Crippen MR) is 119 cm³/mol. The largest absolute Gasteiger partial charge is 0.379 e. The fourth-order valence-corrected chi connectivity index (χ4v) is 4.08. The van der Waals surface area contributed by atoms with Crippen LogP contribution in [0, 0.1) is 12.7 Å². The van der Waals surface area contributed by atoms with Gasteiger partial charge in [-0.1, -0.05) is 18.2 Å². The zero-order valence-corrected chi connectivity index (χ0v) is 18.7. The highest BCUT2D eigenvalue weighted by atomic mass is 19.3. The third kappa shape index (κ3) is 4.72. The Balaban J connectivity index is 1.74. The molecule has 7 nitrogen and oxygen atoms in total. The number of pyridine rings is 1. The highest BCUT2D eigenvalue weighted by Gasteiger charge is 2.22. The van der Waals surface area contributed by atoms with Gasteiger partial charge in [-0.3, -0.25) is 14.3 Å². The molecule has 1 aliphatic heterocycles. The van der Waals surface area contributed by atoms with Crippen LogP contribution in [0.15, 0.2) is 29.1 Å². The molecule has 0 spiro atoms. The topological polar surface area (TPSA) is 72.3 Å². The van der Waals surface area contributed by atoms with Crippen molar-refractivity contribution in [1.29, 1.82) is 0 Å². The molecule has 33 heavy (non-hydrogen) atoms. The summed E-state index contributed by atoms with van der Waals surface area (Å²) in [5, 5.41) is 3.74. The van der Waals surface area contributed by atoms with E-state index in [-0.39, 0.29) is 11.1 Å². The second-order valence-electron chi connectivity index (χ2n) is 8.20. The van der Waals surface area contributed by atoms with Crippen LogP contribution in [-0.4, -0.2) is 45.7 Å². The Kier molecular flexibility index (Phi) is 6.66.